The fourth-order valence-electron chi connectivity index (χ4n) is 4.51. The van der Waals surface area contributed by atoms with Gasteiger partial charge in [-0.2, -0.15) is 0 Å². The van der Waals surface area contributed by atoms with Crippen LogP contribution in [-0.2, 0) is 0 Å². The first kappa shape index (κ1) is 17.8. The Morgan fingerprint density at radius 3 is 2.74 bits per heavy atom. The van der Waals surface area contributed by atoms with E-state index >= 15 is 0 Å². The van der Waals surface area contributed by atoms with Crippen molar-refractivity contribution in [1.29, 1.82) is 0 Å². The predicted octanol–water partition coefficient (Wildman–Crippen LogP) is 4.58. The number of nitrogens with one attached hydrogen (secondary N) is 1. The zero-order chi connectivity index (χ0) is 19.1. The standard InChI is InChI=1S/C22H28N4O/c1-14(2)26-15(3)12-18(16(26)4)22(27)25-11-7-8-17(13-25)21-23-19-9-5-6-10-20(19)24-21/h5-6,9-10,12,14,17H,7-8,11,13H2,1-4H3,(H,23,24). The Morgan fingerprint density at radius 2 is 2.04 bits per heavy atom. The molecular formula is C22H28N4O. The number of piperidine rings is 1. The third-order valence-electron chi connectivity index (χ3n) is 5.73. The summed E-state index contributed by atoms with van der Waals surface area (Å²) in [5, 5.41) is 0. The lowest BCUT2D eigenvalue weighted by Gasteiger charge is -2.32. The van der Waals surface area contributed by atoms with E-state index in [-0.39, 0.29) is 11.8 Å². The molecule has 3 heterocycles. The van der Waals surface area contributed by atoms with Crippen LogP contribution in [0.3, 0.4) is 0 Å². The molecule has 1 aromatic carbocycles. The molecule has 27 heavy (non-hydrogen) atoms. The number of amides is 1. The highest BCUT2D eigenvalue weighted by atomic mass is 16.2. The first-order valence-corrected chi connectivity index (χ1v) is 9.88. The number of carbonyl (C=O) groups is 1. The van der Waals surface area contributed by atoms with Gasteiger partial charge in [0.2, 0.25) is 0 Å². The molecule has 5 heteroatoms. The highest BCUT2D eigenvalue weighted by Gasteiger charge is 2.29. The second kappa shape index (κ2) is 6.87. The van der Waals surface area contributed by atoms with Crippen molar-refractivity contribution in [3.05, 3.63) is 53.1 Å². The molecule has 1 fully saturated rings. The van der Waals surface area contributed by atoms with Gasteiger partial charge in [-0.15, -0.1) is 0 Å². The van der Waals surface area contributed by atoms with Crippen LogP contribution in [0, 0.1) is 13.8 Å². The van der Waals surface area contributed by atoms with Gasteiger partial charge >= 0.3 is 0 Å². The molecule has 1 unspecified atom stereocenters. The summed E-state index contributed by atoms with van der Waals surface area (Å²) in [7, 11) is 0. The van der Waals surface area contributed by atoms with E-state index in [0.29, 0.717) is 6.04 Å². The van der Waals surface area contributed by atoms with Gasteiger partial charge in [0, 0.05) is 36.4 Å². The Balaban J connectivity index is 1.58. The maximum absolute atomic E-state index is 13.2. The predicted molar refractivity (Wildman–Crippen MR) is 108 cm³/mol. The Hall–Kier alpha value is -2.56. The van der Waals surface area contributed by atoms with Crippen molar-refractivity contribution < 1.29 is 4.79 Å². The maximum atomic E-state index is 13.2. The van der Waals surface area contributed by atoms with E-state index in [2.05, 4.69) is 43.3 Å². The van der Waals surface area contributed by atoms with Gasteiger partial charge in [0.25, 0.3) is 5.91 Å². The summed E-state index contributed by atoms with van der Waals surface area (Å²) in [6.45, 7) is 10.0. The lowest BCUT2D eigenvalue weighted by atomic mass is 9.96. The van der Waals surface area contributed by atoms with Gasteiger partial charge in [-0.1, -0.05) is 12.1 Å². The zero-order valence-electron chi connectivity index (χ0n) is 16.6. The summed E-state index contributed by atoms with van der Waals surface area (Å²) < 4.78 is 2.24. The van der Waals surface area contributed by atoms with Gasteiger partial charge < -0.3 is 14.5 Å². The Morgan fingerprint density at radius 1 is 1.26 bits per heavy atom. The number of nitrogens with zero attached hydrogens (tertiary/aromatic N) is 3. The maximum Gasteiger partial charge on any atom is 0.255 e. The van der Waals surface area contributed by atoms with Crippen molar-refractivity contribution in [2.75, 3.05) is 13.1 Å². The van der Waals surface area contributed by atoms with Crippen LogP contribution in [-0.4, -0.2) is 38.4 Å². The lowest BCUT2D eigenvalue weighted by molar-refractivity contribution is 0.0704. The Bertz CT molecular complexity index is 949. The lowest BCUT2D eigenvalue weighted by Crippen LogP contribution is -2.39. The molecule has 1 amide bonds. The molecule has 1 aliphatic heterocycles. The average Bonchev–Trinajstić information content (AvgIpc) is 3.22. The third-order valence-corrected chi connectivity index (χ3v) is 5.73. The summed E-state index contributed by atoms with van der Waals surface area (Å²) in [6, 6.07) is 10.5. The topological polar surface area (TPSA) is 53.9 Å². The Labute approximate surface area is 160 Å². The molecule has 3 aromatic rings. The van der Waals surface area contributed by atoms with Crippen molar-refractivity contribution in [2.45, 2.75) is 52.5 Å². The van der Waals surface area contributed by atoms with E-state index in [9.17, 15) is 4.79 Å². The number of hydrogen-bond acceptors (Lipinski definition) is 2. The molecule has 0 spiro atoms. The first-order valence-electron chi connectivity index (χ1n) is 9.88. The molecule has 0 bridgehead atoms. The number of aromatic amines is 1. The van der Waals surface area contributed by atoms with Gasteiger partial charge in [-0.25, -0.2) is 4.98 Å². The van der Waals surface area contributed by atoms with Gasteiger partial charge in [0.05, 0.1) is 16.6 Å². The smallest absolute Gasteiger partial charge is 0.255 e. The highest BCUT2D eigenvalue weighted by Crippen LogP contribution is 2.29. The number of carbonyl (C=O) groups excluding carboxylic acids is 1. The fraction of sp³-hybridized carbons (Fsp3) is 0.455. The minimum atomic E-state index is 0.149. The zero-order valence-corrected chi connectivity index (χ0v) is 16.6. The highest BCUT2D eigenvalue weighted by molar-refractivity contribution is 5.96. The van der Waals surface area contributed by atoms with Crippen molar-refractivity contribution in [1.82, 2.24) is 19.4 Å². The number of imidazole rings is 1. The largest absolute Gasteiger partial charge is 0.346 e. The van der Waals surface area contributed by atoms with Gasteiger partial charge in [-0.3, -0.25) is 4.79 Å². The number of fused-ring (bicyclic) bond motifs is 1. The minimum Gasteiger partial charge on any atom is -0.346 e. The second-order valence-corrected chi connectivity index (χ2v) is 7.98. The number of para-hydroxylation sites is 2. The van der Waals surface area contributed by atoms with E-state index in [1.807, 2.05) is 29.2 Å². The van der Waals surface area contributed by atoms with Crippen LogP contribution in [0.1, 0.15) is 66.2 Å². The molecule has 5 nitrogen and oxygen atoms in total. The minimum absolute atomic E-state index is 0.149. The monoisotopic (exact) mass is 364 g/mol. The van der Waals surface area contributed by atoms with Crippen LogP contribution in [0.25, 0.3) is 11.0 Å². The number of hydrogen-bond donors (Lipinski definition) is 1. The fourth-order valence-corrected chi connectivity index (χ4v) is 4.51. The molecule has 2 aromatic heterocycles. The normalized spacial score (nSPS) is 17.8. The van der Waals surface area contributed by atoms with E-state index < -0.39 is 0 Å². The van der Waals surface area contributed by atoms with Crippen molar-refractivity contribution >= 4 is 16.9 Å². The molecule has 0 saturated carbocycles. The number of rotatable bonds is 3. The van der Waals surface area contributed by atoms with Crippen LogP contribution in [0.15, 0.2) is 30.3 Å². The summed E-state index contributed by atoms with van der Waals surface area (Å²) in [5.41, 5.74) is 5.12. The van der Waals surface area contributed by atoms with E-state index in [1.165, 1.54) is 0 Å². The van der Waals surface area contributed by atoms with Crippen molar-refractivity contribution in [3.8, 4) is 0 Å². The van der Waals surface area contributed by atoms with Crippen LogP contribution >= 0.6 is 0 Å². The molecule has 0 aliphatic carbocycles. The van der Waals surface area contributed by atoms with E-state index in [0.717, 1.165) is 59.7 Å². The molecule has 1 aliphatic rings. The summed E-state index contributed by atoms with van der Waals surface area (Å²) in [6.07, 6.45) is 2.07. The number of likely N-dealkylation sites (tertiary alicyclic amines) is 1. The summed E-state index contributed by atoms with van der Waals surface area (Å²) >= 11 is 0. The molecule has 1 saturated heterocycles. The van der Waals surface area contributed by atoms with Crippen LogP contribution < -0.4 is 0 Å². The van der Waals surface area contributed by atoms with E-state index in [1.54, 1.807) is 0 Å². The van der Waals surface area contributed by atoms with Crippen LogP contribution in [0.4, 0.5) is 0 Å². The molecular weight excluding hydrogens is 336 g/mol. The number of aromatic nitrogens is 3. The first-order chi connectivity index (χ1) is 13.0. The Kier molecular flexibility index (Phi) is 4.54. The van der Waals surface area contributed by atoms with Crippen molar-refractivity contribution in [2.24, 2.45) is 0 Å². The van der Waals surface area contributed by atoms with Crippen molar-refractivity contribution in [3.63, 3.8) is 0 Å². The number of H-pyrrole nitrogens is 1. The molecule has 4 rings (SSSR count). The third kappa shape index (κ3) is 3.15. The van der Waals surface area contributed by atoms with Gasteiger partial charge in [0.15, 0.2) is 0 Å². The van der Waals surface area contributed by atoms with Gasteiger partial charge in [0.1, 0.15) is 5.82 Å². The SMILES string of the molecule is Cc1cc(C(=O)N2CCCC(c3nc4ccccc4[nH]3)C2)c(C)n1C(C)C. The summed E-state index contributed by atoms with van der Waals surface area (Å²) in [4.78, 5) is 23.5. The molecule has 1 N–H and O–H groups in total. The summed E-state index contributed by atoms with van der Waals surface area (Å²) in [5.74, 6) is 1.42. The average molecular weight is 364 g/mol. The van der Waals surface area contributed by atoms with E-state index in [4.69, 9.17) is 4.98 Å². The molecule has 1 atom stereocenters. The second-order valence-electron chi connectivity index (χ2n) is 7.98. The van der Waals surface area contributed by atoms with Crippen LogP contribution in [0.2, 0.25) is 0 Å². The van der Waals surface area contributed by atoms with Crippen LogP contribution in [0.5, 0.6) is 0 Å². The number of aryl methyl sites for hydroxylation is 1. The quantitative estimate of drug-likeness (QED) is 0.739. The molecule has 0 radical (unpaired) electrons. The van der Waals surface area contributed by atoms with Gasteiger partial charge in [-0.05, 0) is 58.7 Å². The molecule has 142 valence electrons. The number of benzene rings is 1.